The first-order chi connectivity index (χ1) is 19.6. The number of hydrogen-bond donors (Lipinski definition) is 1. The molecule has 0 saturated carbocycles. The summed E-state index contributed by atoms with van der Waals surface area (Å²) < 4.78 is 0. The van der Waals surface area contributed by atoms with Gasteiger partial charge in [-0.3, -0.25) is 0 Å². The number of rotatable bonds is 19. The Morgan fingerprint density at radius 1 is 0.525 bits per heavy atom. The van der Waals surface area contributed by atoms with Crippen LogP contribution in [0.25, 0.3) is 0 Å². The highest BCUT2D eigenvalue weighted by Crippen LogP contribution is 2.35. The molecule has 2 heteroatoms. The molecule has 0 bridgehead atoms. The van der Waals surface area contributed by atoms with Crippen LogP contribution >= 0.6 is 0 Å². The van der Waals surface area contributed by atoms with E-state index in [0.29, 0.717) is 0 Å². The van der Waals surface area contributed by atoms with E-state index in [-0.39, 0.29) is 0 Å². The van der Waals surface area contributed by atoms with E-state index < -0.39 is 0 Å². The molecule has 3 rings (SSSR count). The molecule has 0 aliphatic heterocycles. The van der Waals surface area contributed by atoms with Gasteiger partial charge in [0.25, 0.3) is 0 Å². The average molecular weight is 541 g/mol. The maximum Gasteiger partial charge on any atom is 0.0461 e. The highest BCUT2D eigenvalue weighted by Gasteiger charge is 2.15. The predicted octanol–water partition coefficient (Wildman–Crippen LogP) is 11.0. The molecule has 218 valence electrons. The van der Waals surface area contributed by atoms with Crippen LogP contribution in [0.4, 0.5) is 17.1 Å². The van der Waals surface area contributed by atoms with Crippen LogP contribution in [0.2, 0.25) is 0 Å². The van der Waals surface area contributed by atoms with E-state index in [1.54, 1.807) is 0 Å². The van der Waals surface area contributed by atoms with Gasteiger partial charge in [-0.25, -0.2) is 0 Å². The second kappa shape index (κ2) is 18.0. The molecule has 2 unspecified atom stereocenters. The van der Waals surface area contributed by atoms with Crippen LogP contribution in [0.3, 0.4) is 0 Å². The molecule has 0 aliphatic carbocycles. The van der Waals surface area contributed by atoms with E-state index >= 15 is 0 Å². The van der Waals surface area contributed by atoms with Crippen molar-refractivity contribution in [2.45, 2.75) is 111 Å². The fourth-order valence-electron chi connectivity index (χ4n) is 5.85. The van der Waals surface area contributed by atoms with E-state index in [9.17, 15) is 0 Å². The van der Waals surface area contributed by atoms with Gasteiger partial charge in [-0.05, 0) is 104 Å². The monoisotopic (exact) mass is 540 g/mol. The summed E-state index contributed by atoms with van der Waals surface area (Å²) in [7, 11) is 0. The van der Waals surface area contributed by atoms with Crippen LogP contribution in [0.5, 0.6) is 0 Å². The first kappa shape index (κ1) is 31.9. The lowest BCUT2D eigenvalue weighted by Gasteiger charge is -2.26. The maximum absolute atomic E-state index is 5.71. The Hall–Kier alpha value is -2.58. The summed E-state index contributed by atoms with van der Waals surface area (Å²) in [6, 6.07) is 27.9. The van der Waals surface area contributed by atoms with Gasteiger partial charge in [-0.2, -0.15) is 0 Å². The zero-order valence-corrected chi connectivity index (χ0v) is 26.0. The van der Waals surface area contributed by atoms with E-state index in [1.807, 2.05) is 0 Å². The Labute approximate surface area is 246 Å². The normalized spacial score (nSPS) is 12.8. The Kier molecular flexibility index (Phi) is 14.4. The van der Waals surface area contributed by atoms with Crippen LogP contribution in [0, 0.1) is 11.8 Å². The Bertz CT molecular complexity index is 991. The largest absolute Gasteiger partial charge is 0.330 e. The zero-order valence-electron chi connectivity index (χ0n) is 26.0. The van der Waals surface area contributed by atoms with Crippen LogP contribution in [0.15, 0.2) is 72.8 Å². The molecule has 0 heterocycles. The fraction of sp³-hybridized carbons (Fsp3) is 0.526. The number of nitrogens with zero attached hydrogens (tertiary/aromatic N) is 1. The van der Waals surface area contributed by atoms with Gasteiger partial charge in [-0.15, -0.1) is 0 Å². The van der Waals surface area contributed by atoms with Crippen molar-refractivity contribution in [3.05, 3.63) is 89.5 Å². The topological polar surface area (TPSA) is 29.3 Å². The van der Waals surface area contributed by atoms with Crippen molar-refractivity contribution >= 4 is 17.1 Å². The first-order valence-electron chi connectivity index (χ1n) is 16.4. The van der Waals surface area contributed by atoms with Crippen molar-refractivity contribution in [2.75, 3.05) is 11.4 Å². The van der Waals surface area contributed by atoms with E-state index in [2.05, 4.69) is 105 Å². The number of anilines is 3. The first-order valence-corrected chi connectivity index (χ1v) is 16.4. The van der Waals surface area contributed by atoms with E-state index in [4.69, 9.17) is 5.73 Å². The quantitative estimate of drug-likeness (QED) is 0.153. The molecule has 3 aromatic carbocycles. The number of benzene rings is 3. The predicted molar refractivity (Wildman–Crippen MR) is 177 cm³/mol. The lowest BCUT2D eigenvalue weighted by atomic mass is 9.91. The van der Waals surface area contributed by atoms with Gasteiger partial charge >= 0.3 is 0 Å². The van der Waals surface area contributed by atoms with Gasteiger partial charge in [0.1, 0.15) is 0 Å². The Balaban J connectivity index is 1.85. The minimum atomic E-state index is 0.771. The fourth-order valence-corrected chi connectivity index (χ4v) is 5.85. The summed E-state index contributed by atoms with van der Waals surface area (Å²) in [5.41, 5.74) is 13.7. The molecule has 0 aromatic heterocycles. The van der Waals surface area contributed by atoms with Gasteiger partial charge < -0.3 is 10.6 Å². The molecule has 0 amide bonds. The van der Waals surface area contributed by atoms with Crippen molar-refractivity contribution < 1.29 is 0 Å². The average Bonchev–Trinajstić information content (AvgIpc) is 3.00. The Morgan fingerprint density at radius 3 is 1.27 bits per heavy atom. The van der Waals surface area contributed by atoms with Crippen molar-refractivity contribution in [1.82, 2.24) is 0 Å². The third-order valence-corrected chi connectivity index (χ3v) is 8.64. The third-order valence-electron chi connectivity index (χ3n) is 8.64. The van der Waals surface area contributed by atoms with Gasteiger partial charge in [0.2, 0.25) is 0 Å². The molecule has 2 N–H and O–H groups in total. The molecule has 40 heavy (non-hydrogen) atoms. The lowest BCUT2D eigenvalue weighted by molar-refractivity contribution is 0.449. The molecular weight excluding hydrogens is 484 g/mol. The van der Waals surface area contributed by atoms with Gasteiger partial charge in [-0.1, -0.05) is 115 Å². The SMILES string of the molecule is CCCCC(CC)Cc1ccc(N(c2ccc(CCCCN)cc2)c2ccc(CC(CC)CCCC)cc2)cc1. The highest BCUT2D eigenvalue weighted by atomic mass is 15.1. The number of unbranched alkanes of at least 4 members (excludes halogenated alkanes) is 3. The van der Waals surface area contributed by atoms with Crippen LogP contribution in [-0.4, -0.2) is 6.54 Å². The van der Waals surface area contributed by atoms with Crippen LogP contribution < -0.4 is 10.6 Å². The minimum Gasteiger partial charge on any atom is -0.330 e. The summed E-state index contributed by atoms with van der Waals surface area (Å²) in [5.74, 6) is 1.57. The molecule has 0 fully saturated rings. The van der Waals surface area contributed by atoms with E-state index in [1.165, 1.54) is 98.0 Å². The smallest absolute Gasteiger partial charge is 0.0461 e. The van der Waals surface area contributed by atoms with Crippen LogP contribution in [0.1, 0.15) is 109 Å². The number of hydrogen-bond acceptors (Lipinski definition) is 2. The second-order valence-electron chi connectivity index (χ2n) is 11.8. The second-order valence-corrected chi connectivity index (χ2v) is 11.8. The molecule has 0 aliphatic rings. The van der Waals surface area contributed by atoms with Crippen molar-refractivity contribution in [1.29, 1.82) is 0 Å². The molecule has 2 nitrogen and oxygen atoms in total. The Morgan fingerprint density at radius 2 is 0.925 bits per heavy atom. The number of aryl methyl sites for hydroxylation is 1. The van der Waals surface area contributed by atoms with Gasteiger partial charge in [0, 0.05) is 17.1 Å². The van der Waals surface area contributed by atoms with Crippen molar-refractivity contribution in [3.8, 4) is 0 Å². The maximum atomic E-state index is 5.71. The van der Waals surface area contributed by atoms with Crippen molar-refractivity contribution in [2.24, 2.45) is 17.6 Å². The molecule has 3 aromatic rings. The van der Waals surface area contributed by atoms with E-state index in [0.717, 1.165) is 37.6 Å². The summed E-state index contributed by atoms with van der Waals surface area (Å²) in [5, 5.41) is 0. The number of nitrogens with two attached hydrogens (primary N) is 1. The summed E-state index contributed by atoms with van der Waals surface area (Å²) in [6.45, 7) is 10.0. The van der Waals surface area contributed by atoms with Gasteiger partial charge in [0.05, 0.1) is 0 Å². The van der Waals surface area contributed by atoms with Crippen LogP contribution in [-0.2, 0) is 19.3 Å². The molecule has 0 spiro atoms. The lowest BCUT2D eigenvalue weighted by Crippen LogP contribution is -2.11. The zero-order chi connectivity index (χ0) is 28.6. The third kappa shape index (κ3) is 10.1. The standard InChI is InChI=1S/C38H56N2/c1-5-9-13-31(7-3)29-34-18-24-37(25-19-34)40(36-22-16-33(17-23-36)15-11-12-28-39)38-26-20-35(21-27-38)30-32(8-4)14-10-6-2/h16-27,31-32H,5-15,28-30,39H2,1-4H3. The molecule has 0 radical (unpaired) electrons. The highest BCUT2D eigenvalue weighted by molar-refractivity contribution is 5.76. The summed E-state index contributed by atoms with van der Waals surface area (Å²) in [6.07, 6.45) is 16.1. The molecule has 0 saturated heterocycles. The molecule has 2 atom stereocenters. The summed E-state index contributed by atoms with van der Waals surface area (Å²) in [4.78, 5) is 2.42. The molecular formula is C38H56N2. The minimum absolute atomic E-state index is 0.771. The van der Waals surface area contributed by atoms with Crippen molar-refractivity contribution in [3.63, 3.8) is 0 Å². The summed E-state index contributed by atoms with van der Waals surface area (Å²) >= 11 is 0. The van der Waals surface area contributed by atoms with Gasteiger partial charge in [0.15, 0.2) is 0 Å².